The van der Waals surface area contributed by atoms with Gasteiger partial charge in [-0.2, -0.15) is 0 Å². The van der Waals surface area contributed by atoms with Crippen LogP contribution in [-0.2, 0) is 0 Å². The molecular weight excluding hydrogens is 238 g/mol. The van der Waals surface area contributed by atoms with E-state index < -0.39 is 6.10 Å². The van der Waals surface area contributed by atoms with Gasteiger partial charge in [-0.25, -0.2) is 0 Å². The van der Waals surface area contributed by atoms with Crippen molar-refractivity contribution in [2.24, 2.45) is 0 Å². The van der Waals surface area contributed by atoms with E-state index >= 15 is 0 Å². The van der Waals surface area contributed by atoms with E-state index in [9.17, 15) is 9.90 Å². The minimum absolute atomic E-state index is 0.222. The summed E-state index contributed by atoms with van der Waals surface area (Å²) in [5.74, 6) is -0.222. The highest BCUT2D eigenvalue weighted by molar-refractivity contribution is 6.06. The van der Waals surface area contributed by atoms with E-state index in [1.165, 1.54) is 0 Å². The van der Waals surface area contributed by atoms with Crippen molar-refractivity contribution in [3.05, 3.63) is 65.2 Å². The zero-order chi connectivity index (χ0) is 13.4. The largest absolute Gasteiger partial charge is 0.382 e. The van der Waals surface area contributed by atoms with Crippen molar-refractivity contribution in [1.82, 2.24) is 0 Å². The number of hydrogen-bond acceptors (Lipinski definition) is 3. The van der Waals surface area contributed by atoms with E-state index in [1.807, 2.05) is 43.3 Å². The van der Waals surface area contributed by atoms with Gasteiger partial charge in [0.1, 0.15) is 6.10 Å². The molecule has 0 aliphatic carbocycles. The summed E-state index contributed by atoms with van der Waals surface area (Å²) < 4.78 is 0. The van der Waals surface area contributed by atoms with Crippen molar-refractivity contribution in [3.8, 4) is 0 Å². The monoisotopic (exact) mass is 253 g/mol. The minimum Gasteiger partial charge on any atom is -0.382 e. The molecule has 1 aliphatic heterocycles. The van der Waals surface area contributed by atoms with Crippen molar-refractivity contribution in [1.29, 1.82) is 0 Å². The Kier molecular flexibility index (Phi) is 2.84. The van der Waals surface area contributed by atoms with Crippen molar-refractivity contribution in [3.63, 3.8) is 0 Å². The number of ketones is 1. The summed E-state index contributed by atoms with van der Waals surface area (Å²) in [5, 5.41) is 13.4. The van der Waals surface area contributed by atoms with Gasteiger partial charge in [-0.15, -0.1) is 0 Å². The second-order valence-electron chi connectivity index (χ2n) is 4.89. The quantitative estimate of drug-likeness (QED) is 0.821. The number of aliphatic hydroxyl groups excluding tert-OH is 1. The molecule has 2 aromatic rings. The molecule has 0 unspecified atom stereocenters. The summed E-state index contributed by atoms with van der Waals surface area (Å²) in [5.41, 5.74) is 3.41. The van der Waals surface area contributed by atoms with Crippen LogP contribution in [0.2, 0.25) is 0 Å². The fraction of sp³-hybridized carbons (Fsp3) is 0.188. The van der Waals surface area contributed by atoms with Crippen molar-refractivity contribution in [2.75, 3.05) is 5.32 Å². The first kappa shape index (κ1) is 11.9. The Labute approximate surface area is 111 Å². The topological polar surface area (TPSA) is 49.3 Å². The molecule has 0 bridgehead atoms. The lowest BCUT2D eigenvalue weighted by atomic mass is 9.89. The van der Waals surface area contributed by atoms with E-state index in [4.69, 9.17) is 0 Å². The molecule has 0 fully saturated rings. The molecule has 0 aromatic heterocycles. The average Bonchev–Trinajstić information content (AvgIpc) is 2.44. The number of hydrogen-bond donors (Lipinski definition) is 2. The van der Waals surface area contributed by atoms with Gasteiger partial charge in [-0.1, -0.05) is 42.0 Å². The van der Waals surface area contributed by atoms with Crippen LogP contribution in [0.5, 0.6) is 0 Å². The van der Waals surface area contributed by atoms with Gasteiger partial charge in [0.25, 0.3) is 0 Å². The van der Waals surface area contributed by atoms with Gasteiger partial charge in [-0.05, 0) is 24.6 Å². The fourth-order valence-electron chi connectivity index (χ4n) is 2.42. The average molecular weight is 253 g/mol. The SMILES string of the molecule is Cc1ccc([C@@H]2Nc3ccccc3C(=O)[C@@H]2O)cc1. The van der Waals surface area contributed by atoms with Crippen LogP contribution in [0.4, 0.5) is 5.69 Å². The number of nitrogens with one attached hydrogen (secondary N) is 1. The first-order valence-corrected chi connectivity index (χ1v) is 6.31. The molecular formula is C16H15NO2. The van der Waals surface area contributed by atoms with Gasteiger partial charge < -0.3 is 10.4 Å². The zero-order valence-corrected chi connectivity index (χ0v) is 10.6. The molecule has 2 atom stereocenters. The number of rotatable bonds is 1. The Bertz CT molecular complexity index is 619. The summed E-state index contributed by atoms with van der Waals surface area (Å²) in [6.45, 7) is 2.01. The summed E-state index contributed by atoms with van der Waals surface area (Å²) in [6, 6.07) is 14.7. The molecule has 3 nitrogen and oxygen atoms in total. The summed E-state index contributed by atoms with van der Waals surface area (Å²) in [7, 11) is 0. The molecule has 0 spiro atoms. The molecule has 0 saturated heterocycles. The number of Topliss-reactive ketones (excluding diaryl/α,β-unsaturated/α-hetero) is 1. The molecule has 96 valence electrons. The molecule has 0 radical (unpaired) electrons. The normalized spacial score (nSPS) is 21.7. The molecule has 3 heteroatoms. The lowest BCUT2D eigenvalue weighted by Crippen LogP contribution is -2.37. The number of para-hydroxylation sites is 1. The first-order valence-electron chi connectivity index (χ1n) is 6.31. The maximum atomic E-state index is 12.2. The van der Waals surface area contributed by atoms with E-state index in [0.717, 1.165) is 16.8 Å². The number of benzene rings is 2. The Morgan fingerprint density at radius 2 is 1.74 bits per heavy atom. The van der Waals surface area contributed by atoms with Crippen LogP contribution in [0.15, 0.2) is 48.5 Å². The van der Waals surface area contributed by atoms with E-state index in [0.29, 0.717) is 5.56 Å². The molecule has 2 N–H and O–H groups in total. The third-order valence-corrected chi connectivity index (χ3v) is 3.52. The summed E-state index contributed by atoms with van der Waals surface area (Å²) in [4.78, 5) is 12.2. The van der Waals surface area contributed by atoms with Gasteiger partial charge in [0.2, 0.25) is 0 Å². The highest BCUT2D eigenvalue weighted by Gasteiger charge is 2.34. The lowest BCUT2D eigenvalue weighted by molar-refractivity contribution is 0.0695. The number of aryl methyl sites for hydroxylation is 1. The standard InChI is InChI=1S/C16H15NO2/c1-10-6-8-11(9-7-10)14-16(19)15(18)12-4-2-3-5-13(12)17-14/h2-9,14,16-17,19H,1H3/t14-,16+/m0/s1. The van der Waals surface area contributed by atoms with E-state index in [-0.39, 0.29) is 11.8 Å². The highest BCUT2D eigenvalue weighted by Crippen LogP contribution is 2.32. The van der Waals surface area contributed by atoms with Crippen LogP contribution in [0, 0.1) is 6.92 Å². The molecule has 2 aromatic carbocycles. The number of fused-ring (bicyclic) bond motifs is 1. The predicted molar refractivity (Wildman–Crippen MR) is 74.3 cm³/mol. The van der Waals surface area contributed by atoms with Gasteiger partial charge >= 0.3 is 0 Å². The van der Waals surface area contributed by atoms with Crippen LogP contribution in [0.1, 0.15) is 27.5 Å². The van der Waals surface area contributed by atoms with Gasteiger partial charge in [0.15, 0.2) is 5.78 Å². The van der Waals surface area contributed by atoms with Crippen LogP contribution in [0.25, 0.3) is 0 Å². The van der Waals surface area contributed by atoms with Crippen molar-refractivity contribution < 1.29 is 9.90 Å². The Hall–Kier alpha value is -2.13. The summed E-state index contributed by atoms with van der Waals surface area (Å²) >= 11 is 0. The number of aliphatic hydroxyl groups is 1. The number of anilines is 1. The Balaban J connectivity index is 2.01. The first-order chi connectivity index (χ1) is 9.16. The second kappa shape index (κ2) is 4.52. The van der Waals surface area contributed by atoms with Gasteiger partial charge in [-0.3, -0.25) is 4.79 Å². The molecule has 0 saturated carbocycles. The zero-order valence-electron chi connectivity index (χ0n) is 10.6. The van der Waals surface area contributed by atoms with Crippen LogP contribution >= 0.6 is 0 Å². The molecule has 0 amide bonds. The lowest BCUT2D eigenvalue weighted by Gasteiger charge is -2.30. The maximum Gasteiger partial charge on any atom is 0.195 e. The second-order valence-corrected chi connectivity index (χ2v) is 4.89. The minimum atomic E-state index is -1.04. The van der Waals surface area contributed by atoms with Crippen LogP contribution in [-0.4, -0.2) is 17.0 Å². The fourth-order valence-corrected chi connectivity index (χ4v) is 2.42. The Morgan fingerprint density at radius 1 is 1.05 bits per heavy atom. The third-order valence-electron chi connectivity index (χ3n) is 3.52. The van der Waals surface area contributed by atoms with Crippen LogP contribution < -0.4 is 5.32 Å². The maximum absolute atomic E-state index is 12.2. The Morgan fingerprint density at radius 3 is 2.47 bits per heavy atom. The predicted octanol–water partition coefficient (Wildman–Crippen LogP) is 2.71. The molecule has 1 aliphatic rings. The smallest absolute Gasteiger partial charge is 0.195 e. The van der Waals surface area contributed by atoms with Gasteiger partial charge in [0.05, 0.1) is 6.04 Å². The van der Waals surface area contributed by atoms with Crippen molar-refractivity contribution in [2.45, 2.75) is 19.1 Å². The van der Waals surface area contributed by atoms with E-state index in [1.54, 1.807) is 12.1 Å². The van der Waals surface area contributed by atoms with E-state index in [2.05, 4.69) is 5.32 Å². The molecule has 19 heavy (non-hydrogen) atoms. The van der Waals surface area contributed by atoms with Crippen LogP contribution in [0.3, 0.4) is 0 Å². The molecule has 3 rings (SSSR count). The third kappa shape index (κ3) is 2.02. The highest BCUT2D eigenvalue weighted by atomic mass is 16.3. The summed E-state index contributed by atoms with van der Waals surface area (Å²) in [6.07, 6.45) is -1.04. The number of carbonyl (C=O) groups excluding carboxylic acids is 1. The van der Waals surface area contributed by atoms with Gasteiger partial charge in [0, 0.05) is 11.3 Å². The number of carbonyl (C=O) groups is 1. The molecule has 1 heterocycles. The van der Waals surface area contributed by atoms with Crippen molar-refractivity contribution >= 4 is 11.5 Å².